The molecule has 3 rings (SSSR count). The van der Waals surface area contributed by atoms with Gasteiger partial charge in [-0.1, -0.05) is 30.3 Å². The van der Waals surface area contributed by atoms with Crippen LogP contribution >= 0.6 is 22.9 Å². The minimum atomic E-state index is 0.460. The molecule has 2 heterocycles. The number of nitrogens with zero attached hydrogens (tertiary/aromatic N) is 2. The number of aromatic nitrogens is 2. The SMILES string of the molecule is Cc1sc2nc(CCl)cn2c1-c1ccccc1. The Balaban J connectivity index is 2.27. The Morgan fingerprint density at radius 1 is 1.29 bits per heavy atom. The molecule has 17 heavy (non-hydrogen) atoms. The van der Waals surface area contributed by atoms with Crippen LogP contribution in [0.1, 0.15) is 10.6 Å². The van der Waals surface area contributed by atoms with Gasteiger partial charge in [-0.05, 0) is 12.5 Å². The predicted octanol–water partition coefficient (Wildman–Crippen LogP) is 4.11. The summed E-state index contributed by atoms with van der Waals surface area (Å²) >= 11 is 7.53. The highest BCUT2D eigenvalue weighted by Gasteiger charge is 2.12. The number of aryl methyl sites for hydroxylation is 1. The van der Waals surface area contributed by atoms with Crippen LogP contribution in [0.2, 0.25) is 0 Å². The second kappa shape index (κ2) is 4.17. The van der Waals surface area contributed by atoms with E-state index in [9.17, 15) is 0 Å². The Morgan fingerprint density at radius 3 is 2.76 bits per heavy atom. The van der Waals surface area contributed by atoms with Crippen LogP contribution in [0.3, 0.4) is 0 Å². The van der Waals surface area contributed by atoms with E-state index in [2.05, 4.69) is 40.6 Å². The van der Waals surface area contributed by atoms with E-state index < -0.39 is 0 Å². The molecule has 0 amide bonds. The van der Waals surface area contributed by atoms with E-state index in [0.29, 0.717) is 5.88 Å². The molecule has 4 heteroatoms. The molecule has 1 aromatic carbocycles. The maximum Gasteiger partial charge on any atom is 0.194 e. The van der Waals surface area contributed by atoms with Crippen molar-refractivity contribution in [2.24, 2.45) is 0 Å². The molecular weight excluding hydrogens is 252 g/mol. The molecule has 0 N–H and O–H groups in total. The van der Waals surface area contributed by atoms with Gasteiger partial charge in [-0.25, -0.2) is 4.98 Å². The van der Waals surface area contributed by atoms with Gasteiger partial charge >= 0.3 is 0 Å². The summed E-state index contributed by atoms with van der Waals surface area (Å²) in [6.45, 7) is 2.13. The van der Waals surface area contributed by atoms with Gasteiger partial charge in [0.2, 0.25) is 0 Å². The van der Waals surface area contributed by atoms with Crippen molar-refractivity contribution in [3.8, 4) is 11.3 Å². The van der Waals surface area contributed by atoms with Gasteiger partial charge in [0, 0.05) is 11.1 Å². The van der Waals surface area contributed by atoms with Crippen molar-refractivity contribution in [3.63, 3.8) is 0 Å². The molecule has 0 saturated carbocycles. The largest absolute Gasteiger partial charge is 0.290 e. The number of imidazole rings is 1. The molecule has 0 spiro atoms. The number of hydrogen-bond acceptors (Lipinski definition) is 2. The van der Waals surface area contributed by atoms with E-state index in [1.807, 2.05) is 12.3 Å². The predicted molar refractivity (Wildman–Crippen MR) is 72.8 cm³/mol. The van der Waals surface area contributed by atoms with Gasteiger partial charge in [-0.15, -0.1) is 22.9 Å². The number of benzene rings is 1. The topological polar surface area (TPSA) is 17.3 Å². The lowest BCUT2D eigenvalue weighted by Crippen LogP contribution is -1.85. The van der Waals surface area contributed by atoms with Crippen LogP contribution in [0.5, 0.6) is 0 Å². The Hall–Kier alpha value is -1.32. The summed E-state index contributed by atoms with van der Waals surface area (Å²) in [6, 6.07) is 10.4. The van der Waals surface area contributed by atoms with Gasteiger partial charge < -0.3 is 0 Å². The molecule has 0 aliphatic carbocycles. The maximum atomic E-state index is 5.82. The summed E-state index contributed by atoms with van der Waals surface area (Å²) in [5.41, 5.74) is 3.36. The molecule has 0 saturated heterocycles. The molecule has 0 atom stereocenters. The van der Waals surface area contributed by atoms with Crippen molar-refractivity contribution in [2.75, 3.05) is 0 Å². The normalized spacial score (nSPS) is 11.2. The molecule has 0 radical (unpaired) electrons. The smallest absolute Gasteiger partial charge is 0.194 e. The minimum absolute atomic E-state index is 0.460. The number of fused-ring (bicyclic) bond motifs is 1. The lowest BCUT2D eigenvalue weighted by molar-refractivity contribution is 1.20. The molecular formula is C13H11ClN2S. The van der Waals surface area contributed by atoms with E-state index in [0.717, 1.165) is 10.7 Å². The maximum absolute atomic E-state index is 5.82. The number of rotatable bonds is 2. The lowest BCUT2D eigenvalue weighted by atomic mass is 10.1. The number of thiazole rings is 1. The highest BCUT2D eigenvalue weighted by atomic mass is 35.5. The summed E-state index contributed by atoms with van der Waals surface area (Å²) < 4.78 is 2.13. The van der Waals surface area contributed by atoms with E-state index >= 15 is 0 Å². The second-order valence-electron chi connectivity index (χ2n) is 3.89. The zero-order valence-corrected chi connectivity index (χ0v) is 10.9. The fourth-order valence-corrected chi connectivity index (χ4v) is 3.12. The Morgan fingerprint density at radius 2 is 2.06 bits per heavy atom. The molecule has 0 bridgehead atoms. The van der Waals surface area contributed by atoms with Crippen LogP contribution in [0, 0.1) is 6.92 Å². The van der Waals surface area contributed by atoms with Crippen molar-refractivity contribution < 1.29 is 0 Å². The van der Waals surface area contributed by atoms with Gasteiger partial charge in [-0.3, -0.25) is 4.40 Å². The van der Waals surface area contributed by atoms with Crippen molar-refractivity contribution in [1.29, 1.82) is 0 Å². The standard InChI is InChI=1S/C13H11ClN2S/c1-9-12(10-5-3-2-4-6-10)16-8-11(7-14)15-13(16)17-9/h2-6,8H,7H2,1H3. The molecule has 0 aliphatic heterocycles. The average Bonchev–Trinajstić information content (AvgIpc) is 2.86. The molecule has 0 fully saturated rings. The third-order valence-corrected chi connectivity index (χ3v) is 3.97. The van der Waals surface area contributed by atoms with Crippen LogP contribution in [-0.4, -0.2) is 9.38 Å². The molecule has 3 aromatic rings. The van der Waals surface area contributed by atoms with Crippen LogP contribution < -0.4 is 0 Å². The van der Waals surface area contributed by atoms with Crippen LogP contribution in [0.15, 0.2) is 36.5 Å². The highest BCUT2D eigenvalue weighted by Crippen LogP contribution is 2.31. The highest BCUT2D eigenvalue weighted by molar-refractivity contribution is 7.17. The van der Waals surface area contributed by atoms with Gasteiger partial charge in [-0.2, -0.15) is 0 Å². The van der Waals surface area contributed by atoms with Crippen molar-refractivity contribution in [1.82, 2.24) is 9.38 Å². The molecule has 86 valence electrons. The van der Waals surface area contributed by atoms with E-state index in [1.165, 1.54) is 16.1 Å². The van der Waals surface area contributed by atoms with E-state index in [-0.39, 0.29) is 0 Å². The van der Waals surface area contributed by atoms with Crippen LogP contribution in [0.25, 0.3) is 16.2 Å². The first kappa shape index (κ1) is 10.8. The number of alkyl halides is 1. The summed E-state index contributed by atoms with van der Waals surface area (Å²) in [6.07, 6.45) is 2.02. The second-order valence-corrected chi connectivity index (χ2v) is 5.34. The van der Waals surface area contributed by atoms with Crippen molar-refractivity contribution >= 4 is 27.9 Å². The Kier molecular flexibility index (Phi) is 2.65. The van der Waals surface area contributed by atoms with Crippen molar-refractivity contribution in [2.45, 2.75) is 12.8 Å². The minimum Gasteiger partial charge on any atom is -0.290 e. The molecule has 2 nitrogen and oxygen atoms in total. The third kappa shape index (κ3) is 1.75. The zero-order valence-electron chi connectivity index (χ0n) is 9.35. The summed E-state index contributed by atoms with van der Waals surface area (Å²) in [7, 11) is 0. The molecule has 0 aliphatic rings. The fourth-order valence-electron chi connectivity index (χ4n) is 2.00. The van der Waals surface area contributed by atoms with Crippen LogP contribution in [-0.2, 0) is 5.88 Å². The monoisotopic (exact) mass is 262 g/mol. The van der Waals surface area contributed by atoms with Gasteiger partial charge in [0.1, 0.15) is 0 Å². The Bertz CT molecular complexity index is 655. The van der Waals surface area contributed by atoms with Gasteiger partial charge in [0.25, 0.3) is 0 Å². The average molecular weight is 263 g/mol. The number of hydrogen-bond donors (Lipinski definition) is 0. The fraction of sp³-hybridized carbons (Fsp3) is 0.154. The first-order chi connectivity index (χ1) is 8.29. The number of halogens is 1. The third-order valence-electron chi connectivity index (χ3n) is 2.73. The van der Waals surface area contributed by atoms with Crippen LogP contribution in [0.4, 0.5) is 0 Å². The van der Waals surface area contributed by atoms with Crippen molar-refractivity contribution in [3.05, 3.63) is 47.1 Å². The van der Waals surface area contributed by atoms with Gasteiger partial charge in [0.05, 0.1) is 17.3 Å². The Labute approximate surface area is 108 Å². The summed E-state index contributed by atoms with van der Waals surface area (Å²) in [5.74, 6) is 0.460. The first-order valence-corrected chi connectivity index (χ1v) is 6.73. The van der Waals surface area contributed by atoms with E-state index in [1.54, 1.807) is 11.3 Å². The molecule has 0 unspecified atom stereocenters. The van der Waals surface area contributed by atoms with Gasteiger partial charge in [0.15, 0.2) is 4.96 Å². The lowest BCUT2D eigenvalue weighted by Gasteiger charge is -2.01. The van der Waals surface area contributed by atoms with E-state index in [4.69, 9.17) is 11.6 Å². The molecule has 2 aromatic heterocycles. The summed E-state index contributed by atoms with van der Waals surface area (Å²) in [5, 5.41) is 0. The zero-order chi connectivity index (χ0) is 11.8. The quantitative estimate of drug-likeness (QED) is 0.636. The first-order valence-electron chi connectivity index (χ1n) is 5.38. The summed E-state index contributed by atoms with van der Waals surface area (Å²) in [4.78, 5) is 6.78.